The van der Waals surface area contributed by atoms with E-state index in [0.29, 0.717) is 19.6 Å². The van der Waals surface area contributed by atoms with Crippen molar-refractivity contribution >= 4 is 24.0 Å². The molecule has 32 heavy (non-hydrogen) atoms. The van der Waals surface area contributed by atoms with Gasteiger partial charge in [0.05, 0.1) is 6.54 Å². The van der Waals surface area contributed by atoms with E-state index in [2.05, 4.69) is 11.1 Å². The molecule has 2 amide bonds. The maximum atomic E-state index is 12.6. The van der Waals surface area contributed by atoms with E-state index in [1.54, 1.807) is 71.7 Å². The van der Waals surface area contributed by atoms with Crippen LogP contribution in [0.1, 0.15) is 30.4 Å². The summed E-state index contributed by atoms with van der Waals surface area (Å²) in [4.78, 5) is 26.3. The van der Waals surface area contributed by atoms with Crippen LogP contribution >= 0.6 is 0 Å². The van der Waals surface area contributed by atoms with E-state index in [9.17, 15) is 19.8 Å². The molecule has 0 fully saturated rings. The number of phenols is 2. The van der Waals surface area contributed by atoms with E-state index in [0.717, 1.165) is 36.9 Å². The molecule has 0 unspecified atom stereocenters. The minimum Gasteiger partial charge on any atom is -0.508 e. The fraction of sp³-hybridized carbons (Fsp3) is 0.280. The average molecular weight is 440 g/mol. The van der Waals surface area contributed by atoms with E-state index >= 15 is 0 Å². The molecule has 170 valence electrons. The molecule has 2 rings (SSSR count). The third kappa shape index (κ3) is 9.49. The Hall–Kier alpha value is -3.58. The number of hydrogen-bond donors (Lipinski definition) is 4. The molecular weight excluding hydrogens is 407 g/mol. The van der Waals surface area contributed by atoms with Gasteiger partial charge in [-0.05, 0) is 60.4 Å². The number of nitrogens with one attached hydrogen (secondary N) is 1. The Bertz CT molecular complexity index is 906. The molecule has 0 aliphatic rings. The van der Waals surface area contributed by atoms with Crippen molar-refractivity contribution < 1.29 is 25.5 Å². The van der Waals surface area contributed by atoms with Crippen LogP contribution in [0.3, 0.4) is 0 Å². The molecule has 0 atom stereocenters. The first kappa shape index (κ1) is 24.7. The number of hydrogen-bond acceptors (Lipinski definition) is 4. The smallest absolute Gasteiger partial charge is 0.246 e. The Balaban J connectivity index is 1.74. The molecule has 0 saturated carbocycles. The monoisotopic (exact) mass is 439 g/mol. The Kier molecular flexibility index (Phi) is 10.5. The van der Waals surface area contributed by atoms with Crippen molar-refractivity contribution in [3.63, 3.8) is 0 Å². The van der Waals surface area contributed by atoms with Gasteiger partial charge >= 0.3 is 0 Å². The zero-order chi connectivity index (χ0) is 23.2. The highest BCUT2D eigenvalue weighted by Crippen LogP contribution is 2.12. The highest BCUT2D eigenvalue weighted by Gasteiger charge is 2.10. The fourth-order valence-electron chi connectivity index (χ4n) is 2.95. The van der Waals surface area contributed by atoms with Gasteiger partial charge in [-0.1, -0.05) is 24.3 Å². The summed E-state index contributed by atoms with van der Waals surface area (Å²) in [5.74, 6) is 0.131. The number of carbonyl (C=O) groups is 2. The topological polar surface area (TPSA) is 118 Å². The lowest BCUT2D eigenvalue weighted by atomic mass is 10.2. The first-order valence-electron chi connectivity index (χ1n) is 10.8. The molecule has 2 aromatic rings. The van der Waals surface area contributed by atoms with Gasteiger partial charge in [-0.15, -0.1) is 0 Å². The number of amides is 2. The SMILES string of the molecule is [15NH3+]CCCN(CCCCNC(=O)/C=C/c1ccc(O)cc1)C(=O)/C=C/c1ccc(O)cc1. The molecule has 0 spiro atoms. The largest absolute Gasteiger partial charge is 0.508 e. The normalized spacial score (nSPS) is 11.2. The number of quaternary nitrogens is 1. The van der Waals surface area contributed by atoms with Crippen LogP contribution < -0.4 is 11.1 Å². The zero-order valence-corrected chi connectivity index (χ0v) is 18.2. The summed E-state index contributed by atoms with van der Waals surface area (Å²) in [5, 5.41) is 21.5. The molecule has 0 bridgehead atoms. The predicted molar refractivity (Wildman–Crippen MR) is 125 cm³/mol. The van der Waals surface area contributed by atoms with Crippen LogP contribution in [-0.4, -0.2) is 53.1 Å². The summed E-state index contributed by atoms with van der Waals surface area (Å²) in [7, 11) is 0. The lowest BCUT2D eigenvalue weighted by Gasteiger charge is -2.20. The van der Waals surface area contributed by atoms with Crippen LogP contribution in [0.4, 0.5) is 0 Å². The number of phenolic OH excluding ortho intramolecular Hbond substituents is 2. The van der Waals surface area contributed by atoms with Crippen molar-refractivity contribution in [2.45, 2.75) is 19.3 Å². The van der Waals surface area contributed by atoms with Gasteiger partial charge in [-0.3, -0.25) is 9.59 Å². The third-order valence-electron chi connectivity index (χ3n) is 4.78. The van der Waals surface area contributed by atoms with Crippen LogP contribution in [0.5, 0.6) is 11.5 Å². The molecule has 0 radical (unpaired) electrons. The minimum absolute atomic E-state index is 0.0626. The molecule has 0 aliphatic heterocycles. The summed E-state index contributed by atoms with van der Waals surface area (Å²) in [6.07, 6.45) is 8.80. The summed E-state index contributed by atoms with van der Waals surface area (Å²) < 4.78 is 0. The second-order valence-corrected chi connectivity index (χ2v) is 7.38. The number of nitrogens with zero attached hydrogens (tertiary/aromatic N) is 1. The van der Waals surface area contributed by atoms with Crippen LogP contribution in [-0.2, 0) is 9.59 Å². The van der Waals surface area contributed by atoms with Crippen molar-refractivity contribution in [1.29, 1.82) is 0 Å². The molecular formula is C25H32N3O4+. The summed E-state index contributed by atoms with van der Waals surface area (Å²) >= 11 is 0. The van der Waals surface area contributed by atoms with Crippen LogP contribution in [0.25, 0.3) is 12.2 Å². The first-order valence-corrected chi connectivity index (χ1v) is 10.8. The fourth-order valence-corrected chi connectivity index (χ4v) is 2.95. The third-order valence-corrected chi connectivity index (χ3v) is 4.78. The van der Waals surface area contributed by atoms with Gasteiger partial charge in [0.25, 0.3) is 0 Å². The Morgan fingerprint density at radius 1 is 0.812 bits per heavy atom. The van der Waals surface area contributed by atoms with Gasteiger partial charge in [0.2, 0.25) is 11.8 Å². The predicted octanol–water partition coefficient (Wildman–Crippen LogP) is 2.18. The summed E-state index contributed by atoms with van der Waals surface area (Å²) in [6.45, 7) is 2.54. The molecule has 0 aliphatic carbocycles. The van der Waals surface area contributed by atoms with E-state index in [1.807, 2.05) is 0 Å². The lowest BCUT2D eigenvalue weighted by Crippen LogP contribution is -2.51. The molecule has 0 aromatic heterocycles. The molecule has 0 heterocycles. The maximum Gasteiger partial charge on any atom is 0.246 e. The highest BCUT2D eigenvalue weighted by molar-refractivity contribution is 5.92. The second-order valence-electron chi connectivity index (χ2n) is 7.38. The number of rotatable bonds is 12. The van der Waals surface area contributed by atoms with Gasteiger partial charge in [0.1, 0.15) is 11.5 Å². The Morgan fingerprint density at radius 3 is 1.91 bits per heavy atom. The standard InChI is InChI=1S/C25H31N3O4/c26-16-3-19-28(25(32)15-9-21-6-12-23(30)13-7-21)18-2-1-17-27-24(31)14-8-20-4-10-22(29)11-5-20/h4-15,29-30H,1-3,16-19,26H2,(H,27,31)/p+1/b14-8+,15-9+/i26+1. The van der Waals surface area contributed by atoms with Gasteiger partial charge < -0.3 is 26.2 Å². The molecule has 0 saturated heterocycles. The van der Waals surface area contributed by atoms with Gasteiger partial charge in [0, 0.05) is 38.2 Å². The average Bonchev–Trinajstić information content (AvgIpc) is 2.80. The second kappa shape index (κ2) is 13.7. The number of aromatic hydroxyl groups is 2. The van der Waals surface area contributed by atoms with Gasteiger partial charge in [0.15, 0.2) is 0 Å². The highest BCUT2D eigenvalue weighted by atomic mass is 16.3. The number of unbranched alkanes of at least 4 members (excludes halogenated alkanes) is 1. The van der Waals surface area contributed by atoms with E-state index in [1.165, 1.54) is 6.08 Å². The summed E-state index contributed by atoms with van der Waals surface area (Å²) in [5.41, 5.74) is 5.52. The van der Waals surface area contributed by atoms with Crippen molar-refractivity contribution in [3.8, 4) is 11.5 Å². The number of benzene rings is 2. The van der Waals surface area contributed by atoms with Crippen molar-refractivity contribution in [2.24, 2.45) is 0 Å². The van der Waals surface area contributed by atoms with Gasteiger partial charge in [-0.25, -0.2) is 0 Å². The van der Waals surface area contributed by atoms with Crippen molar-refractivity contribution in [1.82, 2.24) is 10.2 Å². The molecule has 7 heteroatoms. The van der Waals surface area contributed by atoms with Gasteiger partial charge in [-0.2, -0.15) is 0 Å². The van der Waals surface area contributed by atoms with Crippen molar-refractivity contribution in [2.75, 3.05) is 26.2 Å². The maximum absolute atomic E-state index is 12.6. The Morgan fingerprint density at radius 2 is 1.34 bits per heavy atom. The number of carbonyl (C=O) groups excluding carboxylic acids is 2. The van der Waals surface area contributed by atoms with Crippen LogP contribution in [0.2, 0.25) is 0 Å². The van der Waals surface area contributed by atoms with E-state index in [4.69, 9.17) is 0 Å². The Labute approximate surface area is 188 Å². The summed E-state index contributed by atoms with van der Waals surface area (Å²) in [6, 6.07) is 13.3. The molecule has 6 N–H and O–H groups in total. The quantitative estimate of drug-likeness (QED) is 0.230. The van der Waals surface area contributed by atoms with Crippen LogP contribution in [0.15, 0.2) is 60.7 Å². The van der Waals surface area contributed by atoms with E-state index < -0.39 is 0 Å². The molecule has 7 nitrogen and oxygen atoms in total. The molecule has 2 aromatic carbocycles. The van der Waals surface area contributed by atoms with E-state index in [-0.39, 0.29) is 23.3 Å². The zero-order valence-electron chi connectivity index (χ0n) is 18.2. The minimum atomic E-state index is -0.181. The van der Waals surface area contributed by atoms with Crippen LogP contribution in [0, 0.1) is 0 Å². The first-order chi connectivity index (χ1) is 15.5. The van der Waals surface area contributed by atoms with Crippen molar-refractivity contribution in [3.05, 3.63) is 71.8 Å². The lowest BCUT2D eigenvalue weighted by molar-refractivity contribution is -0.368.